The van der Waals surface area contributed by atoms with Gasteiger partial charge in [-0.15, -0.1) is 0 Å². The molecule has 0 amide bonds. The molecule has 0 heterocycles. The summed E-state index contributed by atoms with van der Waals surface area (Å²) >= 11 is 3.65. The molecule has 24 heteroatoms. The summed E-state index contributed by atoms with van der Waals surface area (Å²) in [6, 6.07) is 5.47. The fourth-order valence-electron chi connectivity index (χ4n) is 2.97. The van der Waals surface area contributed by atoms with Crippen molar-refractivity contribution in [1.82, 2.24) is 5.32 Å². The average Bonchev–Trinajstić information content (AvgIpc) is 3.14. The Balaban J connectivity index is -0.000000190. The first-order valence-electron chi connectivity index (χ1n) is 17.0. The van der Waals surface area contributed by atoms with Gasteiger partial charge in [0.25, 0.3) is 0 Å². The van der Waals surface area contributed by atoms with Gasteiger partial charge < -0.3 is 87.6 Å². The number of rotatable bonds is 21. The van der Waals surface area contributed by atoms with Crippen molar-refractivity contribution < 1.29 is 59.4 Å². The first-order chi connectivity index (χ1) is 26.0. The standard InChI is InChI=1S/C9H11NO2.C6H14N4O2.2C6H14N2O2.C3H7NO2S.C2H5NO2/c10-8(9(11)12)6-7-4-2-1-3-5-7;7-4(5(11)12)2-1-3-10-6(8)9;2*7-4-2-1-3-5(8)6(9)10;4-2(1-7)3(5)6;3-1-2(4)5/h1-5,8H,6,10H2,(H,11,12);4H,1-3,7H2,(H,11,12)(H4,8,9,10);2*5H,1-4,7-8H2,(H,9,10);2,7H,1,4H2,(H,5,6);1,3H2,(H,4,5). The number of hydrogen-bond donors (Lipinski definition) is 18. The summed E-state index contributed by atoms with van der Waals surface area (Å²) in [5, 5.41) is 58.5. The zero-order chi connectivity index (χ0) is 44.6. The quantitative estimate of drug-likeness (QED) is 0.0250. The lowest BCUT2D eigenvalue weighted by molar-refractivity contribution is -0.139. The third-order valence-corrected chi connectivity index (χ3v) is 6.59. The molecule has 5 atom stereocenters. The van der Waals surface area contributed by atoms with Crippen LogP contribution in [0.25, 0.3) is 0 Å². The number of benzene rings is 1. The molecule has 0 spiro atoms. The van der Waals surface area contributed by atoms with E-state index in [2.05, 4.69) is 23.7 Å². The fraction of sp³-hybridized carbons (Fsp3) is 0.594. The van der Waals surface area contributed by atoms with Crippen LogP contribution in [0.2, 0.25) is 0 Å². The highest BCUT2D eigenvalue weighted by molar-refractivity contribution is 7.80. The number of carbonyl (C=O) groups is 6. The Bertz CT molecular complexity index is 1180. The Kier molecular flexibility index (Phi) is 44.9. The Morgan fingerprint density at radius 1 is 0.589 bits per heavy atom. The third-order valence-electron chi connectivity index (χ3n) is 6.20. The first-order valence-corrected chi connectivity index (χ1v) is 17.7. The molecular weight excluding hydrogens is 762 g/mol. The molecule has 23 nitrogen and oxygen atoms in total. The van der Waals surface area contributed by atoms with E-state index in [0.717, 1.165) is 31.2 Å². The largest absolute Gasteiger partial charge is 0.480 e. The van der Waals surface area contributed by atoms with Crippen LogP contribution in [0.15, 0.2) is 30.3 Å². The van der Waals surface area contributed by atoms with E-state index in [4.69, 9.17) is 81.9 Å². The Morgan fingerprint density at radius 3 is 1.18 bits per heavy atom. The maximum Gasteiger partial charge on any atom is 0.321 e. The summed E-state index contributed by atoms with van der Waals surface area (Å²) in [6.07, 6.45) is 5.69. The summed E-state index contributed by atoms with van der Waals surface area (Å²) in [4.78, 5) is 59.9. The molecule has 1 aromatic rings. The van der Waals surface area contributed by atoms with E-state index < -0.39 is 66.0 Å². The number of unbranched alkanes of at least 4 members (excludes halogenated alkanes) is 2. The van der Waals surface area contributed by atoms with Crippen molar-refractivity contribution >= 4 is 54.4 Å². The lowest BCUT2D eigenvalue weighted by Gasteiger charge is -2.06. The van der Waals surface area contributed by atoms with E-state index in [-0.39, 0.29) is 18.3 Å². The molecule has 56 heavy (non-hydrogen) atoms. The summed E-state index contributed by atoms with van der Waals surface area (Å²) < 4.78 is 0. The second-order valence-corrected chi connectivity index (χ2v) is 11.6. The normalized spacial score (nSPS) is 12.2. The first kappa shape index (κ1) is 60.6. The molecule has 1 rings (SSSR count). The summed E-state index contributed by atoms with van der Waals surface area (Å²) in [5.74, 6) is -5.72. The van der Waals surface area contributed by atoms with E-state index in [0.29, 0.717) is 51.7 Å². The molecule has 0 radical (unpaired) electrons. The van der Waals surface area contributed by atoms with E-state index in [1.165, 1.54) is 0 Å². The fourth-order valence-corrected chi connectivity index (χ4v) is 3.12. The Labute approximate surface area is 331 Å². The van der Waals surface area contributed by atoms with Gasteiger partial charge >= 0.3 is 35.8 Å². The second kappa shape index (κ2) is 41.5. The topological polar surface area (TPSA) is 494 Å². The molecule has 0 fully saturated rings. The molecule has 5 unspecified atom stereocenters. The summed E-state index contributed by atoms with van der Waals surface area (Å²) in [7, 11) is 0. The molecule has 1 aromatic carbocycles. The van der Waals surface area contributed by atoms with Gasteiger partial charge in [0.1, 0.15) is 30.2 Å². The van der Waals surface area contributed by atoms with Crippen molar-refractivity contribution in [3.63, 3.8) is 0 Å². The van der Waals surface area contributed by atoms with Crippen molar-refractivity contribution in [2.24, 2.45) is 51.6 Å². The van der Waals surface area contributed by atoms with Crippen LogP contribution in [-0.2, 0) is 35.2 Å². The molecule has 326 valence electrons. The molecule has 0 bridgehead atoms. The molecule has 0 saturated heterocycles. The lowest BCUT2D eigenvalue weighted by atomic mass is 10.1. The van der Waals surface area contributed by atoms with Crippen molar-refractivity contribution in [2.75, 3.05) is 31.9 Å². The highest BCUT2D eigenvalue weighted by atomic mass is 32.1. The molecule has 26 N–H and O–H groups in total. The van der Waals surface area contributed by atoms with Gasteiger partial charge in [0.2, 0.25) is 0 Å². The predicted molar refractivity (Wildman–Crippen MR) is 214 cm³/mol. The van der Waals surface area contributed by atoms with Crippen LogP contribution >= 0.6 is 12.6 Å². The maximum atomic E-state index is 10.4. The van der Waals surface area contributed by atoms with E-state index in [9.17, 15) is 28.8 Å². The van der Waals surface area contributed by atoms with E-state index in [1.54, 1.807) is 0 Å². The van der Waals surface area contributed by atoms with Gasteiger partial charge in [-0.2, -0.15) is 12.6 Å². The third kappa shape index (κ3) is 49.3. The Morgan fingerprint density at radius 2 is 0.929 bits per heavy atom. The van der Waals surface area contributed by atoms with Crippen LogP contribution < -0.4 is 56.9 Å². The summed E-state index contributed by atoms with van der Waals surface area (Å²) in [6.45, 7) is 1.41. The lowest BCUT2D eigenvalue weighted by Crippen LogP contribution is -2.34. The van der Waals surface area contributed by atoms with E-state index >= 15 is 0 Å². The van der Waals surface area contributed by atoms with Crippen LogP contribution in [-0.4, -0.2) is 135 Å². The predicted octanol–water partition coefficient (Wildman–Crippen LogP) is -3.29. The SMILES string of the molecule is N=C(N)NCCCC(N)C(=O)O.NC(CS)C(=O)O.NC(Cc1ccccc1)C(=O)O.NCC(=O)O.NCCCCC(N)C(=O)O.NCCCCC(N)C(=O)O. The molecule has 0 saturated carbocycles. The number of nitrogens with one attached hydrogen (secondary N) is 2. The van der Waals surface area contributed by atoms with Crippen LogP contribution in [0.1, 0.15) is 56.9 Å². The van der Waals surface area contributed by atoms with Crippen molar-refractivity contribution in [1.29, 1.82) is 5.41 Å². The van der Waals surface area contributed by atoms with Gasteiger partial charge in [-0.1, -0.05) is 43.2 Å². The zero-order valence-electron chi connectivity index (χ0n) is 31.4. The minimum atomic E-state index is -1.00. The number of guanidine groups is 1. The monoisotopic (exact) mass is 827 g/mol. The van der Waals surface area contributed by atoms with Crippen molar-refractivity contribution in [3.8, 4) is 0 Å². The second-order valence-electron chi connectivity index (χ2n) is 11.2. The number of thiol groups is 1. The highest BCUT2D eigenvalue weighted by Gasteiger charge is 2.12. The zero-order valence-corrected chi connectivity index (χ0v) is 32.3. The number of nitrogens with two attached hydrogens (primary N) is 9. The van der Waals surface area contributed by atoms with Gasteiger partial charge in [0, 0.05) is 12.3 Å². The number of carboxylic acid groups (broad SMARTS) is 6. The minimum Gasteiger partial charge on any atom is -0.480 e. The van der Waals surface area contributed by atoms with Crippen molar-refractivity contribution in [3.05, 3.63) is 35.9 Å². The smallest absolute Gasteiger partial charge is 0.321 e. The van der Waals surface area contributed by atoms with Gasteiger partial charge in [-0.25, -0.2) is 0 Å². The molecule has 0 aliphatic rings. The van der Waals surface area contributed by atoms with Gasteiger partial charge in [0.05, 0.1) is 6.54 Å². The number of carboxylic acids is 6. The number of aliphatic carboxylic acids is 6. The molecule has 0 aromatic heterocycles. The van der Waals surface area contributed by atoms with Gasteiger partial charge in [-0.3, -0.25) is 34.2 Å². The van der Waals surface area contributed by atoms with Gasteiger partial charge in [-0.05, 0) is 63.6 Å². The summed E-state index contributed by atoms with van der Waals surface area (Å²) in [5.41, 5.74) is 46.9. The van der Waals surface area contributed by atoms with Crippen molar-refractivity contribution in [2.45, 2.75) is 88.0 Å². The van der Waals surface area contributed by atoms with Crippen LogP contribution in [0, 0.1) is 5.41 Å². The Hall–Kier alpha value is -4.66. The van der Waals surface area contributed by atoms with Crippen LogP contribution in [0.3, 0.4) is 0 Å². The highest BCUT2D eigenvalue weighted by Crippen LogP contribution is 2.01. The van der Waals surface area contributed by atoms with Crippen LogP contribution in [0.4, 0.5) is 0 Å². The maximum absolute atomic E-state index is 10.4. The van der Waals surface area contributed by atoms with E-state index in [1.807, 2.05) is 30.3 Å². The van der Waals surface area contributed by atoms with Gasteiger partial charge in [0.15, 0.2) is 5.96 Å². The molecule has 0 aliphatic carbocycles. The number of hydrogen-bond acceptors (Lipinski definition) is 16. The average molecular weight is 828 g/mol. The molecule has 0 aliphatic heterocycles. The minimum absolute atomic E-state index is 0.112. The molecular formula is C32H65N11O12S. The van der Waals surface area contributed by atoms with Crippen LogP contribution in [0.5, 0.6) is 0 Å².